The van der Waals surface area contributed by atoms with Crippen molar-refractivity contribution >= 4 is 15.9 Å². The van der Waals surface area contributed by atoms with Crippen LogP contribution in [-0.2, 0) is 20.2 Å². The van der Waals surface area contributed by atoms with Gasteiger partial charge in [0.05, 0.1) is 11.7 Å². The van der Waals surface area contributed by atoms with Gasteiger partial charge in [0.25, 0.3) is 0 Å². The molecule has 1 N–H and O–H groups in total. The summed E-state index contributed by atoms with van der Waals surface area (Å²) in [5, 5.41) is 3.08. The van der Waals surface area contributed by atoms with E-state index in [1.54, 1.807) is 12.1 Å². The van der Waals surface area contributed by atoms with Crippen LogP contribution >= 0.6 is 0 Å². The van der Waals surface area contributed by atoms with Gasteiger partial charge >= 0.3 is 0 Å². The molecule has 0 bridgehead atoms. The number of amides is 1. The average Bonchev–Trinajstić information content (AvgIpc) is 3.06. The second kappa shape index (κ2) is 7.03. The highest BCUT2D eigenvalue weighted by atomic mass is 32.2. The molecule has 1 aliphatic carbocycles. The molecule has 7 heteroatoms. The summed E-state index contributed by atoms with van der Waals surface area (Å²) in [4.78, 5) is 13.1. The third kappa shape index (κ3) is 3.87. The first-order chi connectivity index (χ1) is 11.8. The number of halogens is 1. The van der Waals surface area contributed by atoms with Crippen LogP contribution in [0.5, 0.6) is 0 Å². The van der Waals surface area contributed by atoms with E-state index in [0.29, 0.717) is 13.1 Å². The Morgan fingerprint density at radius 3 is 2.44 bits per heavy atom. The third-order valence-electron chi connectivity index (χ3n) is 5.48. The number of carbonyl (C=O) groups is 1. The fourth-order valence-electron chi connectivity index (χ4n) is 4.08. The third-order valence-corrected chi connectivity index (χ3v) is 6.75. The Morgan fingerprint density at radius 1 is 1.20 bits per heavy atom. The molecule has 5 nitrogen and oxygen atoms in total. The lowest BCUT2D eigenvalue weighted by molar-refractivity contribution is -0.127. The van der Waals surface area contributed by atoms with Crippen LogP contribution in [-0.4, -0.2) is 44.0 Å². The van der Waals surface area contributed by atoms with Crippen molar-refractivity contribution in [2.24, 2.45) is 0 Å². The van der Waals surface area contributed by atoms with E-state index in [-0.39, 0.29) is 17.8 Å². The highest BCUT2D eigenvalue weighted by Gasteiger charge is 2.43. The molecule has 138 valence electrons. The summed E-state index contributed by atoms with van der Waals surface area (Å²) in [5.74, 6) is -0.370. The number of rotatable bonds is 4. The molecule has 0 spiro atoms. The van der Waals surface area contributed by atoms with Gasteiger partial charge in [-0.25, -0.2) is 17.1 Å². The number of carbonyl (C=O) groups excluding carboxylic acids is 1. The van der Waals surface area contributed by atoms with Crippen LogP contribution < -0.4 is 5.32 Å². The van der Waals surface area contributed by atoms with Crippen molar-refractivity contribution < 1.29 is 17.6 Å². The zero-order valence-corrected chi connectivity index (χ0v) is 15.3. The highest BCUT2D eigenvalue weighted by Crippen LogP contribution is 2.41. The lowest BCUT2D eigenvalue weighted by Gasteiger charge is -2.35. The monoisotopic (exact) mass is 368 g/mol. The van der Waals surface area contributed by atoms with E-state index in [4.69, 9.17) is 0 Å². The van der Waals surface area contributed by atoms with Crippen LogP contribution in [0.2, 0.25) is 0 Å². The molecule has 1 aromatic rings. The normalized spacial score (nSPS) is 24.2. The summed E-state index contributed by atoms with van der Waals surface area (Å²) in [7, 11) is -3.25. The summed E-state index contributed by atoms with van der Waals surface area (Å²) in [6.07, 6.45) is 6.13. The van der Waals surface area contributed by atoms with Crippen LogP contribution in [0.1, 0.15) is 44.1 Å². The van der Waals surface area contributed by atoms with Gasteiger partial charge in [-0.2, -0.15) is 0 Å². The summed E-state index contributed by atoms with van der Waals surface area (Å²) < 4.78 is 38.2. The number of hydrogen-bond acceptors (Lipinski definition) is 3. The SMILES string of the molecule is CS(=O)(=O)N1CCCC(NC(=O)C2(c3ccc(F)cc3)CCCC2)C1. The first-order valence-corrected chi connectivity index (χ1v) is 10.7. The quantitative estimate of drug-likeness (QED) is 0.886. The number of hydrogen-bond donors (Lipinski definition) is 1. The molecule has 1 atom stereocenters. The van der Waals surface area contributed by atoms with Crippen LogP contribution in [0.4, 0.5) is 4.39 Å². The molecule has 1 amide bonds. The molecule has 3 rings (SSSR count). The molecule has 1 unspecified atom stereocenters. The maximum absolute atomic E-state index is 13.3. The van der Waals surface area contributed by atoms with Crippen LogP contribution in [0, 0.1) is 5.82 Å². The lowest BCUT2D eigenvalue weighted by Crippen LogP contribution is -2.53. The van der Waals surface area contributed by atoms with Crippen molar-refractivity contribution in [2.75, 3.05) is 19.3 Å². The van der Waals surface area contributed by atoms with E-state index < -0.39 is 15.4 Å². The Morgan fingerprint density at radius 2 is 1.84 bits per heavy atom. The lowest BCUT2D eigenvalue weighted by atomic mass is 9.77. The maximum Gasteiger partial charge on any atom is 0.230 e. The zero-order valence-electron chi connectivity index (χ0n) is 14.5. The molecule has 0 radical (unpaired) electrons. The first-order valence-electron chi connectivity index (χ1n) is 8.83. The Balaban J connectivity index is 1.77. The Bertz CT molecular complexity index is 727. The number of benzene rings is 1. The van der Waals surface area contributed by atoms with Crippen molar-refractivity contribution in [1.29, 1.82) is 0 Å². The molecule has 1 saturated carbocycles. The van der Waals surface area contributed by atoms with Gasteiger partial charge in [0.2, 0.25) is 15.9 Å². The molecule has 2 aliphatic rings. The molecule has 25 heavy (non-hydrogen) atoms. The van der Waals surface area contributed by atoms with Crippen molar-refractivity contribution in [3.05, 3.63) is 35.6 Å². The molecule has 0 aromatic heterocycles. The van der Waals surface area contributed by atoms with Gasteiger partial charge in [0.15, 0.2) is 0 Å². The summed E-state index contributed by atoms with van der Waals surface area (Å²) >= 11 is 0. The summed E-state index contributed by atoms with van der Waals surface area (Å²) in [5.41, 5.74) is 0.223. The second-order valence-electron chi connectivity index (χ2n) is 7.23. The summed E-state index contributed by atoms with van der Waals surface area (Å²) in [6.45, 7) is 0.832. The average molecular weight is 368 g/mol. The number of nitrogens with one attached hydrogen (secondary N) is 1. The zero-order chi connectivity index (χ0) is 18.1. The van der Waals surface area contributed by atoms with E-state index >= 15 is 0 Å². The largest absolute Gasteiger partial charge is 0.351 e. The van der Waals surface area contributed by atoms with Gasteiger partial charge in [0, 0.05) is 19.1 Å². The summed E-state index contributed by atoms with van der Waals surface area (Å²) in [6, 6.07) is 6.02. The minimum Gasteiger partial charge on any atom is -0.351 e. The van der Waals surface area contributed by atoms with E-state index in [0.717, 1.165) is 44.1 Å². The predicted octanol–water partition coefficient (Wildman–Crippen LogP) is 2.18. The standard InChI is InChI=1S/C18H25FN2O3S/c1-25(23,24)21-12-4-5-16(13-21)20-17(22)18(10-2-3-11-18)14-6-8-15(19)9-7-14/h6-9,16H,2-5,10-13H2,1H3,(H,20,22). The number of nitrogens with zero attached hydrogens (tertiary/aromatic N) is 1. The molecular formula is C18H25FN2O3S. The van der Waals surface area contributed by atoms with E-state index in [9.17, 15) is 17.6 Å². The van der Waals surface area contributed by atoms with Gasteiger partial charge in [0.1, 0.15) is 5.82 Å². The number of piperidine rings is 1. The van der Waals surface area contributed by atoms with Gasteiger partial charge in [-0.3, -0.25) is 4.79 Å². The van der Waals surface area contributed by atoms with Gasteiger partial charge in [-0.1, -0.05) is 25.0 Å². The fraction of sp³-hybridized carbons (Fsp3) is 0.611. The van der Waals surface area contributed by atoms with Crippen molar-refractivity contribution in [2.45, 2.75) is 50.0 Å². The molecule has 2 fully saturated rings. The second-order valence-corrected chi connectivity index (χ2v) is 9.21. The topological polar surface area (TPSA) is 66.5 Å². The Labute approximate surface area is 148 Å². The van der Waals surface area contributed by atoms with E-state index in [1.807, 2.05) is 0 Å². The van der Waals surface area contributed by atoms with Crippen LogP contribution in [0.3, 0.4) is 0 Å². The molecule has 1 aliphatic heterocycles. The maximum atomic E-state index is 13.3. The Kier molecular flexibility index (Phi) is 5.16. The van der Waals surface area contributed by atoms with E-state index in [2.05, 4.69) is 5.32 Å². The molecule has 1 saturated heterocycles. The minimum atomic E-state index is -3.25. The van der Waals surface area contributed by atoms with Gasteiger partial charge in [-0.15, -0.1) is 0 Å². The number of sulfonamides is 1. The fourth-order valence-corrected chi connectivity index (χ4v) is 4.99. The van der Waals surface area contributed by atoms with Crippen molar-refractivity contribution in [3.8, 4) is 0 Å². The highest BCUT2D eigenvalue weighted by molar-refractivity contribution is 7.88. The minimum absolute atomic E-state index is 0.0584. The smallest absolute Gasteiger partial charge is 0.230 e. The molecule has 1 aromatic carbocycles. The Hall–Kier alpha value is -1.47. The van der Waals surface area contributed by atoms with Crippen LogP contribution in [0.15, 0.2) is 24.3 Å². The van der Waals surface area contributed by atoms with Crippen molar-refractivity contribution in [1.82, 2.24) is 9.62 Å². The predicted molar refractivity (Wildman–Crippen MR) is 94.1 cm³/mol. The first kappa shape index (κ1) is 18.3. The van der Waals surface area contributed by atoms with Gasteiger partial charge < -0.3 is 5.32 Å². The molecular weight excluding hydrogens is 343 g/mol. The van der Waals surface area contributed by atoms with Crippen molar-refractivity contribution in [3.63, 3.8) is 0 Å². The van der Waals surface area contributed by atoms with Crippen LogP contribution in [0.25, 0.3) is 0 Å². The van der Waals surface area contributed by atoms with Gasteiger partial charge in [-0.05, 0) is 43.4 Å². The van der Waals surface area contributed by atoms with E-state index in [1.165, 1.54) is 22.7 Å². The molecule has 1 heterocycles.